The van der Waals surface area contributed by atoms with E-state index in [0.717, 1.165) is 18.5 Å². The molecule has 0 bridgehead atoms. The van der Waals surface area contributed by atoms with Gasteiger partial charge in [0.2, 0.25) is 5.89 Å². The quantitative estimate of drug-likeness (QED) is 0.720. The minimum atomic E-state index is 0.394. The zero-order valence-corrected chi connectivity index (χ0v) is 15.8. The molecule has 0 amide bonds. The van der Waals surface area contributed by atoms with Crippen LogP contribution >= 0.6 is 12.2 Å². The minimum absolute atomic E-state index is 0.394. The fourth-order valence-corrected chi connectivity index (χ4v) is 3.54. The van der Waals surface area contributed by atoms with Crippen LogP contribution in [0.5, 0.6) is 11.5 Å². The van der Waals surface area contributed by atoms with E-state index in [1.165, 1.54) is 19.3 Å². The highest BCUT2D eigenvalue weighted by molar-refractivity contribution is 7.71. The first-order valence-electron chi connectivity index (χ1n) is 8.70. The molecule has 0 saturated carbocycles. The molecule has 2 aromatic rings. The molecular formula is C18H25N3O3S. The van der Waals surface area contributed by atoms with Gasteiger partial charge in [-0.1, -0.05) is 13.3 Å². The monoisotopic (exact) mass is 363 g/mol. The van der Waals surface area contributed by atoms with E-state index in [9.17, 15) is 0 Å². The van der Waals surface area contributed by atoms with Crippen LogP contribution in [0.3, 0.4) is 0 Å². The fraction of sp³-hybridized carbons (Fsp3) is 0.556. The van der Waals surface area contributed by atoms with Crippen molar-refractivity contribution in [2.75, 3.05) is 20.8 Å². The summed E-state index contributed by atoms with van der Waals surface area (Å²) in [6.45, 7) is 3.99. The van der Waals surface area contributed by atoms with E-state index in [1.807, 2.05) is 18.2 Å². The normalized spacial score (nSPS) is 18.3. The lowest BCUT2D eigenvalue weighted by atomic mass is 10.0. The molecule has 1 saturated heterocycles. The lowest BCUT2D eigenvalue weighted by Gasteiger charge is -2.34. The van der Waals surface area contributed by atoms with Crippen molar-refractivity contribution in [1.82, 2.24) is 14.7 Å². The number of hydrogen-bond donors (Lipinski definition) is 0. The van der Waals surface area contributed by atoms with Gasteiger partial charge in [0.25, 0.3) is 4.84 Å². The van der Waals surface area contributed by atoms with Gasteiger partial charge in [0, 0.05) is 18.2 Å². The van der Waals surface area contributed by atoms with Crippen LogP contribution in [0.2, 0.25) is 0 Å². The first kappa shape index (κ1) is 17.9. The molecule has 1 aromatic carbocycles. The molecule has 0 aliphatic carbocycles. The molecule has 7 heteroatoms. The Hall–Kier alpha value is -1.86. The molecule has 6 nitrogen and oxygen atoms in total. The summed E-state index contributed by atoms with van der Waals surface area (Å²) in [7, 11) is 3.22. The van der Waals surface area contributed by atoms with Crippen LogP contribution in [-0.2, 0) is 6.67 Å². The first-order valence-corrected chi connectivity index (χ1v) is 9.11. The lowest BCUT2D eigenvalue weighted by molar-refractivity contribution is 0.0994. The second-order valence-electron chi connectivity index (χ2n) is 6.25. The summed E-state index contributed by atoms with van der Waals surface area (Å²) >= 11 is 5.38. The Morgan fingerprint density at radius 3 is 2.76 bits per heavy atom. The molecule has 1 aromatic heterocycles. The summed E-state index contributed by atoms with van der Waals surface area (Å²) < 4.78 is 18.1. The SMILES string of the molecule is CC[C@@H]1CCCCN1Cn1nc(-c2ccc(OC)c(OC)c2)oc1=S. The standard InChI is InChI=1S/C18H25N3O3S/c1-4-14-7-5-6-10-20(14)12-21-18(25)24-17(19-21)13-8-9-15(22-2)16(11-13)23-3/h8-9,11,14H,4-7,10,12H2,1-3H3/t14-/m1/s1. The third kappa shape index (κ3) is 3.88. The number of likely N-dealkylation sites (tertiary alicyclic amines) is 1. The lowest BCUT2D eigenvalue weighted by Crippen LogP contribution is -2.40. The van der Waals surface area contributed by atoms with Crippen LogP contribution in [0.25, 0.3) is 11.5 Å². The van der Waals surface area contributed by atoms with Gasteiger partial charge in [-0.15, -0.1) is 5.10 Å². The third-order valence-corrected chi connectivity index (χ3v) is 5.07. The van der Waals surface area contributed by atoms with Crippen molar-refractivity contribution in [3.05, 3.63) is 23.0 Å². The number of ether oxygens (including phenoxy) is 2. The van der Waals surface area contributed by atoms with Gasteiger partial charge in [0.05, 0.1) is 20.9 Å². The van der Waals surface area contributed by atoms with E-state index in [2.05, 4.69) is 16.9 Å². The molecule has 25 heavy (non-hydrogen) atoms. The number of aromatic nitrogens is 2. The number of piperidine rings is 1. The first-order chi connectivity index (χ1) is 12.2. The zero-order valence-electron chi connectivity index (χ0n) is 15.0. The van der Waals surface area contributed by atoms with E-state index < -0.39 is 0 Å². The van der Waals surface area contributed by atoms with E-state index in [0.29, 0.717) is 34.9 Å². The van der Waals surface area contributed by atoms with Crippen molar-refractivity contribution >= 4 is 12.2 Å². The van der Waals surface area contributed by atoms with Gasteiger partial charge >= 0.3 is 0 Å². The van der Waals surface area contributed by atoms with Crippen LogP contribution in [0.15, 0.2) is 22.6 Å². The molecule has 1 atom stereocenters. The Morgan fingerprint density at radius 1 is 1.24 bits per heavy atom. The molecule has 1 aliphatic rings. The molecule has 3 rings (SSSR count). The van der Waals surface area contributed by atoms with E-state index >= 15 is 0 Å². The van der Waals surface area contributed by atoms with Gasteiger partial charge < -0.3 is 13.9 Å². The van der Waals surface area contributed by atoms with Crippen LogP contribution in [0.1, 0.15) is 32.6 Å². The summed E-state index contributed by atoms with van der Waals surface area (Å²) in [6, 6.07) is 6.17. The maximum absolute atomic E-state index is 5.73. The van der Waals surface area contributed by atoms with Crippen molar-refractivity contribution in [2.45, 2.75) is 45.3 Å². The number of nitrogens with zero attached hydrogens (tertiary/aromatic N) is 3. The summed E-state index contributed by atoms with van der Waals surface area (Å²) in [5.41, 5.74) is 0.813. The fourth-order valence-electron chi connectivity index (χ4n) is 3.36. The molecule has 136 valence electrons. The Labute approximate surface area is 153 Å². The highest BCUT2D eigenvalue weighted by atomic mass is 32.1. The van der Waals surface area contributed by atoms with Gasteiger partial charge in [-0.05, 0) is 49.7 Å². The molecular weight excluding hydrogens is 338 g/mol. The van der Waals surface area contributed by atoms with Crippen molar-refractivity contribution in [3.63, 3.8) is 0 Å². The van der Waals surface area contributed by atoms with Gasteiger partial charge in [-0.3, -0.25) is 4.90 Å². The Morgan fingerprint density at radius 2 is 2.04 bits per heavy atom. The largest absolute Gasteiger partial charge is 0.493 e. The van der Waals surface area contributed by atoms with Gasteiger partial charge in [-0.25, -0.2) is 4.68 Å². The van der Waals surface area contributed by atoms with E-state index in [1.54, 1.807) is 18.9 Å². The van der Waals surface area contributed by atoms with Crippen molar-refractivity contribution in [1.29, 1.82) is 0 Å². The third-order valence-electron chi connectivity index (χ3n) is 4.77. The zero-order chi connectivity index (χ0) is 17.8. The number of hydrogen-bond acceptors (Lipinski definition) is 6. The maximum Gasteiger partial charge on any atom is 0.288 e. The predicted octanol–water partition coefficient (Wildman–Crippen LogP) is 4.11. The van der Waals surface area contributed by atoms with E-state index in [-0.39, 0.29) is 0 Å². The Bertz CT molecular complexity index is 771. The Kier molecular flexibility index (Phi) is 5.75. The van der Waals surface area contributed by atoms with Crippen LogP contribution in [-0.4, -0.2) is 41.5 Å². The summed E-state index contributed by atoms with van der Waals surface area (Å²) in [4.78, 5) is 2.84. The molecule has 0 unspecified atom stereocenters. The molecule has 0 N–H and O–H groups in total. The molecule has 0 spiro atoms. The highest BCUT2D eigenvalue weighted by Gasteiger charge is 2.22. The summed E-state index contributed by atoms with van der Waals surface area (Å²) in [5, 5.41) is 4.58. The second kappa shape index (κ2) is 8.01. The molecule has 1 fully saturated rings. The molecule has 0 radical (unpaired) electrons. The number of rotatable bonds is 6. The smallest absolute Gasteiger partial charge is 0.288 e. The highest BCUT2D eigenvalue weighted by Crippen LogP contribution is 2.32. The average molecular weight is 363 g/mol. The predicted molar refractivity (Wildman–Crippen MR) is 98.5 cm³/mol. The van der Waals surface area contributed by atoms with Gasteiger partial charge in [0.15, 0.2) is 11.5 Å². The molecule has 2 heterocycles. The number of methoxy groups -OCH3 is 2. The van der Waals surface area contributed by atoms with Crippen LogP contribution < -0.4 is 9.47 Å². The van der Waals surface area contributed by atoms with Crippen molar-refractivity contribution in [2.24, 2.45) is 0 Å². The summed E-state index contributed by atoms with van der Waals surface area (Å²) in [5.74, 6) is 1.80. The Balaban J connectivity index is 1.84. The summed E-state index contributed by atoms with van der Waals surface area (Å²) in [6.07, 6.45) is 4.91. The maximum atomic E-state index is 5.73. The van der Waals surface area contributed by atoms with E-state index in [4.69, 9.17) is 26.1 Å². The van der Waals surface area contributed by atoms with Crippen molar-refractivity contribution < 1.29 is 13.9 Å². The van der Waals surface area contributed by atoms with Crippen LogP contribution in [0.4, 0.5) is 0 Å². The minimum Gasteiger partial charge on any atom is -0.493 e. The topological polar surface area (TPSA) is 52.7 Å². The van der Waals surface area contributed by atoms with Crippen LogP contribution in [0, 0.1) is 4.84 Å². The molecule has 1 aliphatic heterocycles. The average Bonchev–Trinajstić information content (AvgIpc) is 3.02. The number of benzene rings is 1. The van der Waals surface area contributed by atoms with Gasteiger partial charge in [-0.2, -0.15) is 0 Å². The second-order valence-corrected chi connectivity index (χ2v) is 6.60. The van der Waals surface area contributed by atoms with Gasteiger partial charge in [0.1, 0.15) is 0 Å². The van der Waals surface area contributed by atoms with Crippen molar-refractivity contribution in [3.8, 4) is 23.0 Å².